The van der Waals surface area contributed by atoms with Gasteiger partial charge in [0.1, 0.15) is 10.1 Å². The third kappa shape index (κ3) is 2.03. The molecule has 2 heterocycles. The molecule has 17 heavy (non-hydrogen) atoms. The molecule has 0 aliphatic rings. The van der Waals surface area contributed by atoms with E-state index in [1.165, 1.54) is 4.88 Å². The van der Waals surface area contributed by atoms with E-state index in [1.807, 2.05) is 41.8 Å². The predicted octanol–water partition coefficient (Wildman–Crippen LogP) is 3.84. The summed E-state index contributed by atoms with van der Waals surface area (Å²) in [6.45, 7) is 0. The molecule has 3 aromatic rings. The summed E-state index contributed by atoms with van der Waals surface area (Å²) in [6.07, 6.45) is 2.03. The van der Waals surface area contributed by atoms with Gasteiger partial charge in [-0.2, -0.15) is 0 Å². The van der Waals surface area contributed by atoms with Crippen molar-refractivity contribution in [2.45, 2.75) is 0 Å². The fraction of sp³-hybridized carbons (Fsp3) is 0. The zero-order valence-electron chi connectivity index (χ0n) is 8.75. The summed E-state index contributed by atoms with van der Waals surface area (Å²) >= 11 is 5.22. The highest BCUT2D eigenvalue weighted by Gasteiger charge is 2.05. The van der Waals surface area contributed by atoms with Crippen LogP contribution in [0, 0.1) is 0 Å². The van der Waals surface area contributed by atoms with Crippen LogP contribution in [0.5, 0.6) is 0 Å². The molecular weight excluding hydrogens is 298 g/mol. The molecule has 0 aliphatic heterocycles. The normalized spacial score (nSPS) is 12.2. The fourth-order valence-corrected chi connectivity index (χ4v) is 2.89. The molecule has 2 aromatic heterocycles. The first-order chi connectivity index (χ1) is 8.34. The highest BCUT2D eigenvalue weighted by atomic mass is 79.9. The van der Waals surface area contributed by atoms with E-state index >= 15 is 0 Å². The Morgan fingerprint density at radius 2 is 2.12 bits per heavy atom. The molecule has 0 N–H and O–H groups in total. The zero-order valence-corrected chi connectivity index (χ0v) is 11.1. The molecule has 0 aliphatic carbocycles. The molecule has 0 atom stereocenters. The molecular formula is C12H8BrN3S. The quantitative estimate of drug-likeness (QED) is 0.720. The van der Waals surface area contributed by atoms with Gasteiger partial charge in [0, 0.05) is 4.88 Å². The first-order valence-electron chi connectivity index (χ1n) is 5.06. The topological polar surface area (TPSA) is 30.7 Å². The van der Waals surface area contributed by atoms with Crippen LogP contribution in [-0.4, -0.2) is 15.0 Å². The van der Waals surface area contributed by atoms with Gasteiger partial charge in [-0.25, -0.2) is 4.68 Å². The Labute approximate surface area is 111 Å². The molecule has 3 rings (SSSR count). The van der Waals surface area contributed by atoms with E-state index in [2.05, 4.69) is 32.3 Å². The highest BCUT2D eigenvalue weighted by Crippen LogP contribution is 2.23. The van der Waals surface area contributed by atoms with Crippen molar-refractivity contribution in [3.8, 4) is 0 Å². The van der Waals surface area contributed by atoms with Crippen LogP contribution in [0.1, 0.15) is 4.88 Å². The minimum absolute atomic E-state index is 0.883. The summed E-state index contributed by atoms with van der Waals surface area (Å²) in [5.74, 6) is 0. The Morgan fingerprint density at radius 1 is 1.24 bits per heavy atom. The Morgan fingerprint density at radius 3 is 2.94 bits per heavy atom. The summed E-state index contributed by atoms with van der Waals surface area (Å²) in [7, 11) is 0. The molecule has 5 heteroatoms. The molecule has 0 bridgehead atoms. The van der Waals surface area contributed by atoms with Crippen molar-refractivity contribution in [1.29, 1.82) is 0 Å². The van der Waals surface area contributed by atoms with Crippen molar-refractivity contribution >= 4 is 49.0 Å². The van der Waals surface area contributed by atoms with Gasteiger partial charge in [-0.3, -0.25) is 0 Å². The number of hydrogen-bond donors (Lipinski definition) is 0. The third-order valence-electron chi connectivity index (χ3n) is 2.36. The molecule has 0 saturated carbocycles. The van der Waals surface area contributed by atoms with E-state index in [1.54, 1.807) is 16.0 Å². The SMILES string of the molecule is Br/C(=C\c1cccs1)n1nnc2ccccc21. The number of halogens is 1. The van der Waals surface area contributed by atoms with E-state index < -0.39 is 0 Å². The minimum Gasteiger partial charge on any atom is -0.206 e. The molecule has 0 unspecified atom stereocenters. The van der Waals surface area contributed by atoms with Crippen LogP contribution in [0.3, 0.4) is 0 Å². The average molecular weight is 306 g/mol. The Kier molecular flexibility index (Phi) is 2.78. The number of hydrogen-bond acceptors (Lipinski definition) is 3. The van der Waals surface area contributed by atoms with Crippen molar-refractivity contribution in [3.63, 3.8) is 0 Å². The smallest absolute Gasteiger partial charge is 0.113 e. The lowest BCUT2D eigenvalue weighted by molar-refractivity contribution is 0.859. The standard InChI is InChI=1S/C12H8BrN3S/c13-12(8-9-4-3-7-17-9)16-11-6-2-1-5-10(11)14-15-16/h1-8H/b12-8+. The van der Waals surface area contributed by atoms with Gasteiger partial charge in [0.25, 0.3) is 0 Å². The third-order valence-corrected chi connectivity index (χ3v) is 3.74. The van der Waals surface area contributed by atoms with Gasteiger partial charge in [0.2, 0.25) is 0 Å². The predicted molar refractivity (Wildman–Crippen MR) is 74.9 cm³/mol. The largest absolute Gasteiger partial charge is 0.206 e. The van der Waals surface area contributed by atoms with Gasteiger partial charge < -0.3 is 0 Å². The maximum atomic E-state index is 4.13. The maximum Gasteiger partial charge on any atom is 0.113 e. The molecule has 0 radical (unpaired) electrons. The van der Waals surface area contributed by atoms with Crippen LogP contribution < -0.4 is 0 Å². The lowest BCUT2D eigenvalue weighted by Gasteiger charge is -1.99. The van der Waals surface area contributed by atoms with E-state index in [0.29, 0.717) is 0 Å². The molecule has 84 valence electrons. The fourth-order valence-electron chi connectivity index (χ4n) is 1.58. The number of fused-ring (bicyclic) bond motifs is 1. The van der Waals surface area contributed by atoms with Crippen LogP contribution >= 0.6 is 27.3 Å². The van der Waals surface area contributed by atoms with Gasteiger partial charge in [-0.15, -0.1) is 16.4 Å². The van der Waals surface area contributed by atoms with E-state index in [-0.39, 0.29) is 0 Å². The summed E-state index contributed by atoms with van der Waals surface area (Å²) < 4.78 is 2.67. The van der Waals surface area contributed by atoms with Gasteiger partial charge >= 0.3 is 0 Å². The summed E-state index contributed by atoms with van der Waals surface area (Å²) in [6, 6.07) is 12.0. The number of nitrogens with zero attached hydrogens (tertiary/aromatic N) is 3. The lowest BCUT2D eigenvalue weighted by atomic mass is 10.3. The molecule has 0 fully saturated rings. The van der Waals surface area contributed by atoms with Gasteiger partial charge in [0.05, 0.1) is 5.52 Å². The molecule has 0 saturated heterocycles. The molecule has 1 aromatic carbocycles. The monoisotopic (exact) mass is 305 g/mol. The summed E-state index contributed by atoms with van der Waals surface area (Å²) in [5.41, 5.74) is 1.89. The second-order valence-corrected chi connectivity index (χ2v) is 5.26. The number of rotatable bonds is 2. The summed E-state index contributed by atoms with van der Waals surface area (Å²) in [5, 5.41) is 10.3. The number of para-hydroxylation sites is 1. The van der Waals surface area contributed by atoms with Crippen LogP contribution in [-0.2, 0) is 0 Å². The van der Waals surface area contributed by atoms with Crippen molar-refractivity contribution in [1.82, 2.24) is 15.0 Å². The second-order valence-electron chi connectivity index (χ2n) is 3.47. The van der Waals surface area contributed by atoms with Crippen LogP contribution in [0.25, 0.3) is 21.7 Å². The highest BCUT2D eigenvalue weighted by molar-refractivity contribution is 9.15. The Balaban J connectivity index is 2.10. The van der Waals surface area contributed by atoms with Crippen molar-refractivity contribution in [2.75, 3.05) is 0 Å². The summed E-state index contributed by atoms with van der Waals surface area (Å²) in [4.78, 5) is 1.18. The Bertz CT molecular complexity index is 670. The van der Waals surface area contributed by atoms with Crippen LogP contribution in [0.4, 0.5) is 0 Å². The maximum absolute atomic E-state index is 4.13. The van der Waals surface area contributed by atoms with Crippen molar-refractivity contribution < 1.29 is 0 Å². The molecule has 0 spiro atoms. The number of thiophene rings is 1. The Hall–Kier alpha value is -1.46. The van der Waals surface area contributed by atoms with E-state index in [0.717, 1.165) is 15.6 Å². The second kappa shape index (κ2) is 4.43. The molecule has 0 amide bonds. The van der Waals surface area contributed by atoms with Crippen molar-refractivity contribution in [3.05, 3.63) is 46.7 Å². The van der Waals surface area contributed by atoms with E-state index in [9.17, 15) is 0 Å². The van der Waals surface area contributed by atoms with Gasteiger partial charge in [0.15, 0.2) is 0 Å². The van der Waals surface area contributed by atoms with E-state index in [4.69, 9.17) is 0 Å². The van der Waals surface area contributed by atoms with Crippen molar-refractivity contribution in [2.24, 2.45) is 0 Å². The van der Waals surface area contributed by atoms with Gasteiger partial charge in [-0.05, 0) is 45.6 Å². The lowest BCUT2D eigenvalue weighted by Crippen LogP contribution is -1.93. The molecule has 3 nitrogen and oxygen atoms in total. The first-order valence-corrected chi connectivity index (χ1v) is 6.73. The average Bonchev–Trinajstić information content (AvgIpc) is 2.96. The zero-order chi connectivity index (χ0) is 11.7. The van der Waals surface area contributed by atoms with Gasteiger partial charge in [-0.1, -0.05) is 23.4 Å². The minimum atomic E-state index is 0.883. The van der Waals surface area contributed by atoms with Crippen LogP contribution in [0.2, 0.25) is 0 Å². The number of benzene rings is 1. The number of aromatic nitrogens is 3. The first kappa shape index (κ1) is 10.7. The van der Waals surface area contributed by atoms with Crippen LogP contribution in [0.15, 0.2) is 41.8 Å².